The van der Waals surface area contributed by atoms with E-state index in [0.29, 0.717) is 17.8 Å². The van der Waals surface area contributed by atoms with E-state index in [1.165, 1.54) is 31.2 Å². The zero-order valence-electron chi connectivity index (χ0n) is 22.4. The van der Waals surface area contributed by atoms with Crippen LogP contribution in [0.5, 0.6) is 5.75 Å². The minimum atomic E-state index is -4.17. The molecule has 0 unspecified atom stereocenters. The lowest BCUT2D eigenvalue weighted by atomic mass is 10.1. The number of benzene rings is 2. The van der Waals surface area contributed by atoms with E-state index in [2.05, 4.69) is 10.2 Å². The molecule has 2 amide bonds. The molecule has 9 heteroatoms. The van der Waals surface area contributed by atoms with Crippen LogP contribution in [-0.4, -0.2) is 44.8 Å². The first-order valence-electron chi connectivity index (χ1n) is 12.4. The number of carbonyl (C=O) groups excluding carboxylic acids is 2. The maximum atomic E-state index is 13.2. The van der Waals surface area contributed by atoms with Crippen molar-refractivity contribution in [1.82, 2.24) is 4.90 Å². The molecule has 36 heavy (non-hydrogen) atoms. The Morgan fingerprint density at radius 2 is 1.58 bits per heavy atom. The SMILES string of the molecule is CCN(CC)c1ccc(CN(CC(C)C)C(=O)C(C)C)c(OS(=O)(=O)c2ccc(NC(C)=O)cc2)c1. The van der Waals surface area contributed by atoms with E-state index < -0.39 is 10.1 Å². The average molecular weight is 518 g/mol. The molecule has 0 heterocycles. The van der Waals surface area contributed by atoms with Crippen molar-refractivity contribution in [3.8, 4) is 5.75 Å². The molecule has 0 aliphatic carbocycles. The van der Waals surface area contributed by atoms with Gasteiger partial charge in [0, 0.05) is 62.0 Å². The molecular weight excluding hydrogens is 478 g/mol. The maximum Gasteiger partial charge on any atom is 0.339 e. The molecular formula is C27H39N3O5S. The molecule has 0 aliphatic heterocycles. The third-order valence-corrected chi connectivity index (χ3v) is 6.84. The summed E-state index contributed by atoms with van der Waals surface area (Å²) in [6, 6.07) is 11.3. The standard InChI is InChI=1S/C27H39N3O5S/c1-8-29(9-2)24-13-10-22(18-30(17-19(3)4)27(32)20(5)6)26(16-24)35-36(33,34)25-14-11-23(12-15-25)28-21(7)31/h10-16,19-20H,8-9,17-18H2,1-7H3,(H,28,31). The van der Waals surface area contributed by atoms with Gasteiger partial charge in [-0.05, 0) is 50.1 Å². The second-order valence-electron chi connectivity index (χ2n) is 9.47. The summed E-state index contributed by atoms with van der Waals surface area (Å²) in [5.74, 6) is 0.00273. The molecule has 0 radical (unpaired) electrons. The van der Waals surface area contributed by atoms with Crippen LogP contribution in [-0.2, 0) is 26.3 Å². The lowest BCUT2D eigenvalue weighted by molar-refractivity contribution is -0.135. The summed E-state index contributed by atoms with van der Waals surface area (Å²) in [6.07, 6.45) is 0. The average Bonchev–Trinajstić information content (AvgIpc) is 2.79. The molecule has 0 fully saturated rings. The Kier molecular flexibility index (Phi) is 10.3. The van der Waals surface area contributed by atoms with Gasteiger partial charge < -0.3 is 19.3 Å². The number of nitrogens with one attached hydrogen (secondary N) is 1. The van der Waals surface area contributed by atoms with E-state index in [-0.39, 0.29) is 40.8 Å². The normalized spacial score (nSPS) is 11.5. The molecule has 8 nitrogen and oxygen atoms in total. The van der Waals surface area contributed by atoms with Crippen molar-refractivity contribution in [2.45, 2.75) is 59.9 Å². The molecule has 0 aromatic heterocycles. The minimum absolute atomic E-state index is 0.00103. The highest BCUT2D eigenvalue weighted by molar-refractivity contribution is 7.87. The Bertz CT molecular complexity index is 1140. The fourth-order valence-corrected chi connectivity index (χ4v) is 4.81. The highest BCUT2D eigenvalue weighted by Crippen LogP contribution is 2.30. The van der Waals surface area contributed by atoms with Crippen molar-refractivity contribution in [2.75, 3.05) is 29.9 Å². The van der Waals surface area contributed by atoms with E-state index in [9.17, 15) is 18.0 Å². The third kappa shape index (κ3) is 7.98. The van der Waals surface area contributed by atoms with Gasteiger partial charge in [0.05, 0.1) is 0 Å². The van der Waals surface area contributed by atoms with Crippen LogP contribution in [0.2, 0.25) is 0 Å². The van der Waals surface area contributed by atoms with Crippen LogP contribution < -0.4 is 14.4 Å². The smallest absolute Gasteiger partial charge is 0.339 e. The van der Waals surface area contributed by atoms with Crippen molar-refractivity contribution in [1.29, 1.82) is 0 Å². The Morgan fingerprint density at radius 3 is 2.08 bits per heavy atom. The Morgan fingerprint density at radius 1 is 0.972 bits per heavy atom. The van der Waals surface area contributed by atoms with Gasteiger partial charge in [0.15, 0.2) is 0 Å². The van der Waals surface area contributed by atoms with Crippen molar-refractivity contribution in [2.24, 2.45) is 11.8 Å². The van der Waals surface area contributed by atoms with Gasteiger partial charge in [-0.2, -0.15) is 8.42 Å². The molecule has 0 saturated heterocycles. The molecule has 0 bridgehead atoms. The third-order valence-electron chi connectivity index (χ3n) is 5.59. The predicted molar refractivity (Wildman–Crippen MR) is 144 cm³/mol. The van der Waals surface area contributed by atoms with E-state index in [0.717, 1.165) is 18.8 Å². The first-order valence-corrected chi connectivity index (χ1v) is 13.8. The molecule has 0 saturated carbocycles. The van der Waals surface area contributed by atoms with Crippen LogP contribution in [0.1, 0.15) is 54.0 Å². The number of rotatable bonds is 12. The van der Waals surface area contributed by atoms with Crippen LogP contribution in [0, 0.1) is 11.8 Å². The minimum Gasteiger partial charge on any atom is -0.379 e. The van der Waals surface area contributed by atoms with Gasteiger partial charge in [-0.1, -0.05) is 33.8 Å². The van der Waals surface area contributed by atoms with E-state index in [1.807, 2.05) is 53.7 Å². The summed E-state index contributed by atoms with van der Waals surface area (Å²) >= 11 is 0. The molecule has 0 aliphatic rings. The predicted octanol–water partition coefficient (Wildman–Crippen LogP) is 4.90. The van der Waals surface area contributed by atoms with Crippen LogP contribution >= 0.6 is 0 Å². The fourth-order valence-electron chi connectivity index (χ4n) is 3.86. The summed E-state index contributed by atoms with van der Waals surface area (Å²) in [5, 5.41) is 2.61. The molecule has 0 atom stereocenters. The lowest BCUT2D eigenvalue weighted by Gasteiger charge is -2.28. The Labute approximate surface area is 215 Å². The molecule has 198 valence electrons. The Hall–Kier alpha value is -3.07. The van der Waals surface area contributed by atoms with Gasteiger partial charge in [0.2, 0.25) is 11.8 Å². The highest BCUT2D eigenvalue weighted by atomic mass is 32.2. The summed E-state index contributed by atoms with van der Waals surface area (Å²) in [5.41, 5.74) is 1.93. The van der Waals surface area contributed by atoms with E-state index >= 15 is 0 Å². The highest BCUT2D eigenvalue weighted by Gasteiger charge is 2.24. The van der Waals surface area contributed by atoms with Crippen molar-refractivity contribution in [3.05, 3.63) is 48.0 Å². The second kappa shape index (κ2) is 12.8. The van der Waals surface area contributed by atoms with Gasteiger partial charge in [-0.25, -0.2) is 0 Å². The number of anilines is 2. The number of hydrogen-bond acceptors (Lipinski definition) is 6. The van der Waals surface area contributed by atoms with Crippen LogP contribution in [0.15, 0.2) is 47.4 Å². The van der Waals surface area contributed by atoms with E-state index in [1.54, 1.807) is 11.0 Å². The van der Waals surface area contributed by atoms with Crippen LogP contribution in [0.3, 0.4) is 0 Å². The quantitative estimate of drug-likeness (QED) is 0.402. The van der Waals surface area contributed by atoms with Gasteiger partial charge in [0.25, 0.3) is 0 Å². The van der Waals surface area contributed by atoms with E-state index in [4.69, 9.17) is 4.18 Å². The summed E-state index contributed by atoms with van der Waals surface area (Å²) in [6.45, 7) is 15.5. The Balaban J connectivity index is 2.49. The topological polar surface area (TPSA) is 96.0 Å². The molecule has 1 N–H and O–H groups in total. The first-order chi connectivity index (χ1) is 16.9. The largest absolute Gasteiger partial charge is 0.379 e. The molecule has 2 aromatic carbocycles. The van der Waals surface area contributed by atoms with Gasteiger partial charge >= 0.3 is 10.1 Å². The fraction of sp³-hybridized carbons (Fsp3) is 0.481. The number of amides is 2. The number of hydrogen-bond donors (Lipinski definition) is 1. The van der Waals surface area contributed by atoms with Crippen LogP contribution in [0.4, 0.5) is 11.4 Å². The first kappa shape index (κ1) is 29.2. The summed E-state index contributed by atoms with van der Waals surface area (Å²) in [4.78, 5) is 28.0. The molecule has 2 rings (SSSR count). The van der Waals surface area contributed by atoms with Crippen molar-refractivity contribution >= 4 is 33.3 Å². The summed E-state index contributed by atoms with van der Waals surface area (Å²) < 4.78 is 32.1. The van der Waals surface area contributed by atoms with Gasteiger partial charge in [0.1, 0.15) is 10.6 Å². The van der Waals surface area contributed by atoms with Gasteiger partial charge in [-0.15, -0.1) is 0 Å². The zero-order valence-corrected chi connectivity index (χ0v) is 23.2. The van der Waals surface area contributed by atoms with Crippen molar-refractivity contribution < 1.29 is 22.2 Å². The zero-order chi connectivity index (χ0) is 27.0. The van der Waals surface area contributed by atoms with Crippen LogP contribution in [0.25, 0.3) is 0 Å². The maximum absolute atomic E-state index is 13.2. The number of nitrogens with zero attached hydrogens (tertiary/aromatic N) is 2. The number of carbonyl (C=O) groups is 2. The molecule has 0 spiro atoms. The van der Waals surface area contributed by atoms with Crippen molar-refractivity contribution in [3.63, 3.8) is 0 Å². The van der Waals surface area contributed by atoms with Gasteiger partial charge in [-0.3, -0.25) is 9.59 Å². The lowest BCUT2D eigenvalue weighted by Crippen LogP contribution is -2.36. The second-order valence-corrected chi connectivity index (χ2v) is 11.0. The molecule has 2 aromatic rings. The monoisotopic (exact) mass is 517 g/mol. The summed E-state index contributed by atoms with van der Waals surface area (Å²) in [7, 11) is -4.17.